The number of fused-ring (bicyclic) bond motifs is 1. The van der Waals surface area contributed by atoms with E-state index in [1.54, 1.807) is 10.6 Å². The molecule has 0 amide bonds. The lowest BCUT2D eigenvalue weighted by Gasteiger charge is -2.06. The largest absolute Gasteiger partial charge is 0.324 e. The van der Waals surface area contributed by atoms with Gasteiger partial charge in [0.15, 0.2) is 17.9 Å². The molecule has 0 fully saturated rings. The summed E-state index contributed by atoms with van der Waals surface area (Å²) in [6.07, 6.45) is 2.01. The van der Waals surface area contributed by atoms with Gasteiger partial charge in [-0.05, 0) is 13.0 Å². The van der Waals surface area contributed by atoms with E-state index >= 15 is 0 Å². The van der Waals surface area contributed by atoms with Crippen molar-refractivity contribution in [1.82, 2.24) is 19.7 Å². The Bertz CT molecular complexity index is 844. The molecule has 0 aliphatic carbocycles. The topological polar surface area (TPSA) is 60.7 Å². The Morgan fingerprint density at radius 3 is 2.76 bits per heavy atom. The highest BCUT2D eigenvalue weighted by atomic mass is 19.2. The summed E-state index contributed by atoms with van der Waals surface area (Å²) >= 11 is 0. The third-order valence-corrected chi connectivity index (χ3v) is 3.21. The molecule has 21 heavy (non-hydrogen) atoms. The second-order valence-corrected chi connectivity index (χ2v) is 4.38. The molecular formula is C14H10F2N4O. The summed E-state index contributed by atoms with van der Waals surface area (Å²) < 4.78 is 28.5. The average molecular weight is 288 g/mol. The fourth-order valence-electron chi connectivity index (χ4n) is 2.26. The van der Waals surface area contributed by atoms with Gasteiger partial charge in [0.25, 0.3) is 0 Å². The molecule has 3 rings (SSSR count). The van der Waals surface area contributed by atoms with Crippen LogP contribution in [0.15, 0.2) is 24.4 Å². The molecule has 7 heteroatoms. The van der Waals surface area contributed by atoms with Crippen LogP contribution in [0.1, 0.15) is 17.4 Å². The van der Waals surface area contributed by atoms with Gasteiger partial charge < -0.3 is 4.57 Å². The number of hydrogen-bond donors (Lipinski definition) is 0. The molecule has 2 heterocycles. The van der Waals surface area contributed by atoms with Gasteiger partial charge >= 0.3 is 0 Å². The van der Waals surface area contributed by atoms with E-state index in [2.05, 4.69) is 15.2 Å². The molecule has 5 nitrogen and oxygen atoms in total. The van der Waals surface area contributed by atoms with Crippen LogP contribution in [-0.4, -0.2) is 26.0 Å². The number of aromatic nitrogens is 4. The number of halogens is 2. The number of nitrogens with zero attached hydrogens (tertiary/aromatic N) is 4. The fourth-order valence-corrected chi connectivity index (χ4v) is 2.26. The summed E-state index contributed by atoms with van der Waals surface area (Å²) in [6.45, 7) is 2.33. The minimum absolute atomic E-state index is 0.128. The second-order valence-electron chi connectivity index (χ2n) is 4.38. The molecule has 0 atom stereocenters. The van der Waals surface area contributed by atoms with E-state index in [0.29, 0.717) is 35.3 Å². The van der Waals surface area contributed by atoms with Crippen molar-refractivity contribution in [2.24, 2.45) is 0 Å². The summed E-state index contributed by atoms with van der Waals surface area (Å²) in [5.41, 5.74) is 1.38. The van der Waals surface area contributed by atoms with Crippen molar-refractivity contribution in [1.29, 1.82) is 0 Å². The Hall–Kier alpha value is -2.70. The third kappa shape index (κ3) is 2.06. The number of imidazole rings is 1. The molecule has 3 aromatic rings. The Balaban J connectivity index is 2.35. The molecule has 0 radical (unpaired) electrons. The smallest absolute Gasteiger partial charge is 0.171 e. The van der Waals surface area contributed by atoms with Crippen LogP contribution < -0.4 is 0 Å². The molecule has 0 aliphatic rings. The first-order valence-corrected chi connectivity index (χ1v) is 6.28. The highest BCUT2D eigenvalue weighted by Crippen LogP contribution is 2.27. The molecule has 0 aliphatic heterocycles. The first-order chi connectivity index (χ1) is 10.2. The summed E-state index contributed by atoms with van der Waals surface area (Å²) in [7, 11) is 0. The first-order valence-electron chi connectivity index (χ1n) is 6.28. The summed E-state index contributed by atoms with van der Waals surface area (Å²) in [5, 5.41) is 7.38. The Morgan fingerprint density at radius 1 is 1.29 bits per heavy atom. The number of aryl methyl sites for hydroxylation is 1. The first kappa shape index (κ1) is 13.3. The Kier molecular flexibility index (Phi) is 3.17. The average Bonchev–Trinajstić information content (AvgIpc) is 2.85. The number of hydrogen-bond acceptors (Lipinski definition) is 4. The molecule has 1 aromatic carbocycles. The van der Waals surface area contributed by atoms with Crippen LogP contribution in [0.2, 0.25) is 0 Å². The maximum atomic E-state index is 13.4. The second kappa shape index (κ2) is 5.01. The minimum atomic E-state index is -0.960. The lowest BCUT2D eigenvalue weighted by atomic mass is 10.2. The van der Waals surface area contributed by atoms with Gasteiger partial charge in [0.1, 0.15) is 11.5 Å². The molecule has 0 N–H and O–H groups in total. The van der Waals surface area contributed by atoms with Crippen LogP contribution in [-0.2, 0) is 6.54 Å². The SMILES string of the molecule is CCn1c(-c2ccnnc2C=O)nc2cc(F)c(F)cc21. The number of benzene rings is 1. The van der Waals surface area contributed by atoms with Gasteiger partial charge in [0.05, 0.1) is 17.2 Å². The van der Waals surface area contributed by atoms with Crippen molar-refractivity contribution < 1.29 is 13.6 Å². The van der Waals surface area contributed by atoms with E-state index in [4.69, 9.17) is 0 Å². The van der Waals surface area contributed by atoms with Crippen molar-refractivity contribution in [2.45, 2.75) is 13.5 Å². The van der Waals surface area contributed by atoms with Gasteiger partial charge in [-0.3, -0.25) is 4.79 Å². The van der Waals surface area contributed by atoms with E-state index in [0.717, 1.165) is 12.1 Å². The molecule has 0 saturated carbocycles. The van der Waals surface area contributed by atoms with Crippen LogP contribution in [0, 0.1) is 11.6 Å². The molecule has 0 spiro atoms. The van der Waals surface area contributed by atoms with Crippen LogP contribution in [0.5, 0.6) is 0 Å². The predicted octanol–water partition coefficient (Wildman–Crippen LogP) is 2.60. The van der Waals surface area contributed by atoms with Crippen molar-refractivity contribution in [3.63, 3.8) is 0 Å². The lowest BCUT2D eigenvalue weighted by molar-refractivity contribution is 0.111. The van der Waals surface area contributed by atoms with Gasteiger partial charge in [-0.1, -0.05) is 0 Å². The molecule has 0 saturated heterocycles. The van der Waals surface area contributed by atoms with Gasteiger partial charge in [0, 0.05) is 24.2 Å². The monoisotopic (exact) mass is 288 g/mol. The zero-order valence-corrected chi connectivity index (χ0v) is 11.0. The van der Waals surface area contributed by atoms with Crippen molar-refractivity contribution in [2.75, 3.05) is 0 Å². The Morgan fingerprint density at radius 2 is 2.05 bits per heavy atom. The maximum absolute atomic E-state index is 13.4. The lowest BCUT2D eigenvalue weighted by Crippen LogP contribution is -2.02. The van der Waals surface area contributed by atoms with E-state index in [-0.39, 0.29) is 5.69 Å². The van der Waals surface area contributed by atoms with E-state index in [1.165, 1.54) is 6.20 Å². The summed E-state index contributed by atoms with van der Waals surface area (Å²) in [6, 6.07) is 3.73. The van der Waals surface area contributed by atoms with Crippen LogP contribution >= 0.6 is 0 Å². The van der Waals surface area contributed by atoms with Gasteiger partial charge in [-0.2, -0.15) is 5.10 Å². The van der Waals surface area contributed by atoms with Crippen molar-refractivity contribution in [3.05, 3.63) is 41.7 Å². The van der Waals surface area contributed by atoms with Crippen LogP contribution in [0.25, 0.3) is 22.4 Å². The highest BCUT2D eigenvalue weighted by molar-refractivity contribution is 5.87. The van der Waals surface area contributed by atoms with E-state index in [1.807, 2.05) is 6.92 Å². The Labute approximate surface area is 118 Å². The van der Waals surface area contributed by atoms with Crippen molar-refractivity contribution in [3.8, 4) is 11.4 Å². The maximum Gasteiger partial charge on any atom is 0.171 e. The fraction of sp³-hybridized carbons (Fsp3) is 0.143. The molecular weight excluding hydrogens is 278 g/mol. The molecule has 0 unspecified atom stereocenters. The van der Waals surface area contributed by atoms with Crippen LogP contribution in [0.4, 0.5) is 8.78 Å². The predicted molar refractivity (Wildman–Crippen MR) is 71.7 cm³/mol. The summed E-state index contributed by atoms with van der Waals surface area (Å²) in [4.78, 5) is 15.4. The number of aldehydes is 1. The minimum Gasteiger partial charge on any atom is -0.324 e. The van der Waals surface area contributed by atoms with Gasteiger partial charge in [0.2, 0.25) is 0 Å². The third-order valence-electron chi connectivity index (χ3n) is 3.21. The van der Waals surface area contributed by atoms with E-state index < -0.39 is 11.6 Å². The summed E-state index contributed by atoms with van der Waals surface area (Å²) in [5.74, 6) is -1.47. The highest BCUT2D eigenvalue weighted by Gasteiger charge is 2.17. The van der Waals surface area contributed by atoms with Crippen molar-refractivity contribution >= 4 is 17.3 Å². The number of carbonyl (C=O) groups is 1. The molecule has 2 aromatic heterocycles. The zero-order valence-electron chi connectivity index (χ0n) is 11.0. The zero-order chi connectivity index (χ0) is 15.0. The quantitative estimate of drug-likeness (QED) is 0.695. The number of rotatable bonds is 3. The van der Waals surface area contributed by atoms with E-state index in [9.17, 15) is 13.6 Å². The number of carbonyl (C=O) groups excluding carboxylic acids is 1. The standard InChI is InChI=1S/C14H10F2N4O/c1-2-20-13-6-10(16)9(15)5-11(13)18-14(20)8-3-4-17-19-12(8)7-21/h3-7H,2H2,1H3. The normalized spacial score (nSPS) is 11.0. The molecule has 106 valence electrons. The van der Waals surface area contributed by atoms with Gasteiger partial charge in [-0.15, -0.1) is 5.10 Å². The molecule has 0 bridgehead atoms. The van der Waals surface area contributed by atoms with Crippen LogP contribution in [0.3, 0.4) is 0 Å². The van der Waals surface area contributed by atoms with Gasteiger partial charge in [-0.25, -0.2) is 13.8 Å².